The van der Waals surface area contributed by atoms with Crippen LogP contribution in [0.5, 0.6) is 0 Å². The SMILES string of the molecule is O=C(O)c1ccc2c(c1)CN(Cc1ccc(Br)cc1)CC2. The minimum atomic E-state index is -0.858. The van der Waals surface area contributed by atoms with Gasteiger partial charge in [0.25, 0.3) is 0 Å². The highest BCUT2D eigenvalue weighted by Crippen LogP contribution is 2.22. The van der Waals surface area contributed by atoms with Crippen molar-refractivity contribution in [2.75, 3.05) is 6.54 Å². The van der Waals surface area contributed by atoms with Crippen LogP contribution >= 0.6 is 15.9 Å². The highest BCUT2D eigenvalue weighted by molar-refractivity contribution is 9.10. The Bertz CT molecular complexity index is 667. The van der Waals surface area contributed by atoms with E-state index in [1.165, 1.54) is 11.1 Å². The summed E-state index contributed by atoms with van der Waals surface area (Å²) < 4.78 is 1.08. The van der Waals surface area contributed by atoms with E-state index in [-0.39, 0.29) is 0 Å². The molecule has 1 aliphatic rings. The van der Waals surface area contributed by atoms with Crippen LogP contribution in [0.1, 0.15) is 27.0 Å². The van der Waals surface area contributed by atoms with Crippen molar-refractivity contribution < 1.29 is 9.90 Å². The maximum atomic E-state index is 11.1. The lowest BCUT2D eigenvalue weighted by Gasteiger charge is -2.29. The standard InChI is InChI=1S/C17H16BrNO2/c18-16-5-1-12(2-6-16)10-19-8-7-13-3-4-14(17(20)21)9-15(13)11-19/h1-6,9H,7-8,10-11H2,(H,20,21). The van der Waals surface area contributed by atoms with Gasteiger partial charge in [-0.3, -0.25) is 4.90 Å². The predicted octanol–water partition coefficient (Wildman–Crippen LogP) is 3.71. The zero-order valence-corrected chi connectivity index (χ0v) is 13.1. The molecule has 21 heavy (non-hydrogen) atoms. The van der Waals surface area contributed by atoms with Gasteiger partial charge in [-0.2, -0.15) is 0 Å². The first kappa shape index (κ1) is 14.3. The Morgan fingerprint density at radius 3 is 2.62 bits per heavy atom. The van der Waals surface area contributed by atoms with Gasteiger partial charge < -0.3 is 5.11 Å². The number of rotatable bonds is 3. The average Bonchev–Trinajstić information content (AvgIpc) is 2.49. The van der Waals surface area contributed by atoms with Crippen molar-refractivity contribution in [3.05, 3.63) is 69.2 Å². The average molecular weight is 346 g/mol. The van der Waals surface area contributed by atoms with Crippen molar-refractivity contribution in [1.82, 2.24) is 4.90 Å². The summed E-state index contributed by atoms with van der Waals surface area (Å²) in [5, 5.41) is 9.10. The van der Waals surface area contributed by atoms with Crippen LogP contribution in [0.15, 0.2) is 46.9 Å². The van der Waals surface area contributed by atoms with Gasteiger partial charge in [0.15, 0.2) is 0 Å². The van der Waals surface area contributed by atoms with Crippen molar-refractivity contribution in [2.24, 2.45) is 0 Å². The molecule has 0 radical (unpaired) electrons. The van der Waals surface area contributed by atoms with Crippen LogP contribution in [0.25, 0.3) is 0 Å². The van der Waals surface area contributed by atoms with E-state index >= 15 is 0 Å². The van der Waals surface area contributed by atoms with E-state index in [4.69, 9.17) is 5.11 Å². The molecule has 0 saturated heterocycles. The lowest BCUT2D eigenvalue weighted by atomic mass is 9.97. The number of halogens is 1. The Morgan fingerprint density at radius 2 is 1.90 bits per heavy atom. The van der Waals surface area contributed by atoms with Crippen LogP contribution in [0.2, 0.25) is 0 Å². The molecule has 3 rings (SSSR count). The van der Waals surface area contributed by atoms with Gasteiger partial charge in [0.1, 0.15) is 0 Å². The predicted molar refractivity (Wildman–Crippen MR) is 85.4 cm³/mol. The minimum absolute atomic E-state index is 0.374. The number of nitrogens with zero attached hydrogens (tertiary/aromatic N) is 1. The molecule has 108 valence electrons. The molecule has 0 atom stereocenters. The van der Waals surface area contributed by atoms with E-state index in [0.717, 1.165) is 36.1 Å². The molecule has 1 N–H and O–H groups in total. The Morgan fingerprint density at radius 1 is 1.14 bits per heavy atom. The molecule has 0 bridgehead atoms. The van der Waals surface area contributed by atoms with Crippen molar-refractivity contribution >= 4 is 21.9 Å². The molecule has 0 aliphatic carbocycles. The summed E-state index contributed by atoms with van der Waals surface area (Å²) in [5.41, 5.74) is 4.06. The number of carbonyl (C=O) groups is 1. The second-order valence-corrected chi connectivity index (χ2v) is 6.29. The van der Waals surface area contributed by atoms with Gasteiger partial charge in [0.05, 0.1) is 5.56 Å². The van der Waals surface area contributed by atoms with Crippen molar-refractivity contribution in [2.45, 2.75) is 19.5 Å². The van der Waals surface area contributed by atoms with E-state index < -0.39 is 5.97 Å². The summed E-state index contributed by atoms with van der Waals surface area (Å²) in [6.07, 6.45) is 0.978. The number of carboxylic acids is 1. The zero-order valence-electron chi connectivity index (χ0n) is 11.6. The van der Waals surface area contributed by atoms with E-state index in [2.05, 4.69) is 45.1 Å². The molecule has 1 heterocycles. The molecule has 0 saturated carbocycles. The van der Waals surface area contributed by atoms with Gasteiger partial charge in [-0.05, 0) is 47.4 Å². The summed E-state index contributed by atoms with van der Waals surface area (Å²) in [6, 6.07) is 13.8. The fraction of sp³-hybridized carbons (Fsp3) is 0.235. The number of hydrogen-bond donors (Lipinski definition) is 1. The molecule has 2 aromatic rings. The second-order valence-electron chi connectivity index (χ2n) is 5.38. The van der Waals surface area contributed by atoms with Crippen LogP contribution < -0.4 is 0 Å². The lowest BCUT2D eigenvalue weighted by molar-refractivity contribution is 0.0696. The minimum Gasteiger partial charge on any atom is -0.478 e. The molecule has 0 spiro atoms. The summed E-state index contributed by atoms with van der Waals surface area (Å²) in [6.45, 7) is 2.71. The van der Waals surface area contributed by atoms with Crippen LogP contribution in [-0.2, 0) is 19.5 Å². The number of benzene rings is 2. The van der Waals surface area contributed by atoms with E-state index in [9.17, 15) is 4.79 Å². The Labute approximate surface area is 132 Å². The third-order valence-electron chi connectivity index (χ3n) is 3.86. The van der Waals surface area contributed by atoms with Crippen molar-refractivity contribution in [3.8, 4) is 0 Å². The first-order chi connectivity index (χ1) is 10.1. The van der Waals surface area contributed by atoms with Gasteiger partial charge in [0.2, 0.25) is 0 Å². The van der Waals surface area contributed by atoms with E-state index in [0.29, 0.717) is 5.56 Å². The normalized spacial score (nSPS) is 14.7. The van der Waals surface area contributed by atoms with Gasteiger partial charge in [0, 0.05) is 24.1 Å². The van der Waals surface area contributed by atoms with Gasteiger partial charge >= 0.3 is 5.97 Å². The number of hydrogen-bond acceptors (Lipinski definition) is 2. The number of fused-ring (bicyclic) bond motifs is 1. The first-order valence-corrected chi connectivity index (χ1v) is 7.73. The summed E-state index contributed by atoms with van der Waals surface area (Å²) in [7, 11) is 0. The smallest absolute Gasteiger partial charge is 0.335 e. The topological polar surface area (TPSA) is 40.5 Å². The van der Waals surface area contributed by atoms with Crippen LogP contribution in [0.4, 0.5) is 0 Å². The molecule has 0 aromatic heterocycles. The number of carboxylic acid groups (broad SMARTS) is 1. The molecule has 4 heteroatoms. The second kappa shape index (κ2) is 6.00. The van der Waals surface area contributed by atoms with Crippen molar-refractivity contribution in [3.63, 3.8) is 0 Å². The summed E-state index contributed by atoms with van der Waals surface area (Å²) in [4.78, 5) is 13.4. The number of aromatic carboxylic acids is 1. The molecular formula is C17H16BrNO2. The Kier molecular flexibility index (Phi) is 4.08. The summed E-state index contributed by atoms with van der Waals surface area (Å²) in [5.74, 6) is -0.858. The molecule has 0 unspecified atom stereocenters. The monoisotopic (exact) mass is 345 g/mol. The van der Waals surface area contributed by atoms with Crippen molar-refractivity contribution in [1.29, 1.82) is 0 Å². The van der Waals surface area contributed by atoms with Gasteiger partial charge in [-0.15, -0.1) is 0 Å². The first-order valence-electron chi connectivity index (χ1n) is 6.94. The van der Waals surface area contributed by atoms with E-state index in [1.807, 2.05) is 12.1 Å². The van der Waals surface area contributed by atoms with Gasteiger partial charge in [-0.1, -0.05) is 34.1 Å². The molecule has 3 nitrogen and oxygen atoms in total. The molecule has 0 fully saturated rings. The highest BCUT2D eigenvalue weighted by Gasteiger charge is 2.17. The zero-order chi connectivity index (χ0) is 14.8. The molecule has 0 amide bonds. The third-order valence-corrected chi connectivity index (χ3v) is 4.39. The van der Waals surface area contributed by atoms with E-state index in [1.54, 1.807) is 6.07 Å². The third kappa shape index (κ3) is 3.34. The highest BCUT2D eigenvalue weighted by atomic mass is 79.9. The fourth-order valence-corrected chi connectivity index (χ4v) is 3.00. The maximum Gasteiger partial charge on any atom is 0.335 e. The summed E-state index contributed by atoms with van der Waals surface area (Å²) >= 11 is 3.44. The van der Waals surface area contributed by atoms with Crippen LogP contribution in [-0.4, -0.2) is 22.5 Å². The maximum absolute atomic E-state index is 11.1. The molecule has 1 aliphatic heterocycles. The fourth-order valence-electron chi connectivity index (χ4n) is 2.73. The lowest BCUT2D eigenvalue weighted by Crippen LogP contribution is -2.30. The Balaban J connectivity index is 1.75. The molecule has 2 aromatic carbocycles. The molecular weight excluding hydrogens is 330 g/mol. The van der Waals surface area contributed by atoms with Crippen LogP contribution in [0.3, 0.4) is 0 Å². The quantitative estimate of drug-likeness (QED) is 0.921. The Hall–Kier alpha value is -1.65. The van der Waals surface area contributed by atoms with Crippen LogP contribution in [0, 0.1) is 0 Å². The largest absolute Gasteiger partial charge is 0.478 e. The van der Waals surface area contributed by atoms with Gasteiger partial charge in [-0.25, -0.2) is 4.79 Å².